The Kier molecular flexibility index (Phi) is 3.83. The Morgan fingerprint density at radius 2 is 2.16 bits per heavy atom. The van der Waals surface area contributed by atoms with Crippen molar-refractivity contribution < 1.29 is 0 Å². The van der Waals surface area contributed by atoms with Gasteiger partial charge in [-0.3, -0.25) is 4.99 Å². The standard InChI is InChI=1S/C16H22N2S/c1-11-6-3-4-8-14(11)12(2)17-16-18-15-9-5-7-13(15)10-19-16/h3-4,6,8,12-13,15H,5,7,9-10H2,1-2H3,(H,17,18). The molecule has 0 bridgehead atoms. The van der Waals surface area contributed by atoms with Crippen LogP contribution in [0.25, 0.3) is 0 Å². The molecule has 1 saturated carbocycles. The molecule has 3 unspecified atom stereocenters. The Morgan fingerprint density at radius 3 is 3.00 bits per heavy atom. The molecule has 2 aliphatic rings. The second-order valence-corrected chi connectivity index (χ2v) is 6.73. The van der Waals surface area contributed by atoms with Crippen LogP contribution in [0.5, 0.6) is 0 Å². The second-order valence-electron chi connectivity index (χ2n) is 5.73. The highest BCUT2D eigenvalue weighted by molar-refractivity contribution is 8.13. The molecule has 3 rings (SSSR count). The third kappa shape index (κ3) is 2.81. The molecule has 0 spiro atoms. The van der Waals surface area contributed by atoms with Gasteiger partial charge in [-0.15, -0.1) is 0 Å². The summed E-state index contributed by atoms with van der Waals surface area (Å²) in [5.41, 5.74) is 2.72. The SMILES string of the molecule is Cc1ccccc1C(C)NC1=NC2CCCC2CS1. The molecule has 0 radical (unpaired) electrons. The van der Waals surface area contributed by atoms with E-state index in [1.165, 1.54) is 36.1 Å². The number of amidine groups is 1. The highest BCUT2D eigenvalue weighted by atomic mass is 32.2. The zero-order valence-electron chi connectivity index (χ0n) is 11.7. The number of nitrogens with zero attached hydrogens (tertiary/aromatic N) is 1. The molecule has 0 saturated heterocycles. The Balaban J connectivity index is 1.70. The van der Waals surface area contributed by atoms with E-state index in [0.717, 1.165) is 11.1 Å². The molecule has 0 amide bonds. The highest BCUT2D eigenvalue weighted by Crippen LogP contribution is 2.35. The monoisotopic (exact) mass is 274 g/mol. The molecule has 0 aromatic heterocycles. The van der Waals surface area contributed by atoms with Crippen LogP contribution >= 0.6 is 11.8 Å². The highest BCUT2D eigenvalue weighted by Gasteiger charge is 2.31. The largest absolute Gasteiger partial charge is 0.358 e. The minimum atomic E-state index is 0.338. The fourth-order valence-corrected chi connectivity index (χ4v) is 4.40. The van der Waals surface area contributed by atoms with Crippen LogP contribution in [-0.4, -0.2) is 17.0 Å². The minimum absolute atomic E-state index is 0.338. The summed E-state index contributed by atoms with van der Waals surface area (Å²) in [4.78, 5) is 4.91. The number of hydrogen-bond donors (Lipinski definition) is 1. The van der Waals surface area contributed by atoms with Crippen molar-refractivity contribution in [1.29, 1.82) is 0 Å². The maximum absolute atomic E-state index is 4.91. The number of hydrogen-bond acceptors (Lipinski definition) is 3. The summed E-state index contributed by atoms with van der Waals surface area (Å²) in [7, 11) is 0. The lowest BCUT2D eigenvalue weighted by Gasteiger charge is -2.26. The van der Waals surface area contributed by atoms with Crippen molar-refractivity contribution in [2.75, 3.05) is 5.75 Å². The number of aryl methyl sites for hydroxylation is 1. The Morgan fingerprint density at radius 1 is 1.32 bits per heavy atom. The maximum atomic E-state index is 4.91. The van der Waals surface area contributed by atoms with E-state index >= 15 is 0 Å². The van der Waals surface area contributed by atoms with E-state index < -0.39 is 0 Å². The first-order valence-electron chi connectivity index (χ1n) is 7.26. The lowest BCUT2D eigenvalue weighted by Crippen LogP contribution is -2.31. The van der Waals surface area contributed by atoms with E-state index in [2.05, 4.69) is 43.4 Å². The molecule has 1 N–H and O–H groups in total. The number of rotatable bonds is 2. The zero-order valence-corrected chi connectivity index (χ0v) is 12.5. The van der Waals surface area contributed by atoms with Crippen LogP contribution in [0.1, 0.15) is 43.4 Å². The van der Waals surface area contributed by atoms with Gasteiger partial charge in [-0.25, -0.2) is 0 Å². The summed E-state index contributed by atoms with van der Waals surface area (Å²) in [5.74, 6) is 2.08. The second kappa shape index (κ2) is 5.58. The number of benzene rings is 1. The van der Waals surface area contributed by atoms with Crippen molar-refractivity contribution >= 4 is 16.9 Å². The van der Waals surface area contributed by atoms with Crippen molar-refractivity contribution in [3.05, 3.63) is 35.4 Å². The van der Waals surface area contributed by atoms with Crippen LogP contribution in [-0.2, 0) is 0 Å². The third-order valence-corrected chi connectivity index (χ3v) is 5.42. The van der Waals surface area contributed by atoms with Crippen molar-refractivity contribution in [2.24, 2.45) is 10.9 Å². The molecule has 1 fully saturated rings. The van der Waals surface area contributed by atoms with Crippen LogP contribution in [0.3, 0.4) is 0 Å². The van der Waals surface area contributed by atoms with Gasteiger partial charge in [-0.2, -0.15) is 0 Å². The zero-order chi connectivity index (χ0) is 13.2. The predicted molar refractivity (Wildman–Crippen MR) is 83.8 cm³/mol. The average Bonchev–Trinajstić information content (AvgIpc) is 2.86. The molecule has 102 valence electrons. The van der Waals surface area contributed by atoms with Gasteiger partial charge in [0.2, 0.25) is 0 Å². The van der Waals surface area contributed by atoms with E-state index in [1.54, 1.807) is 0 Å². The van der Waals surface area contributed by atoms with Crippen molar-refractivity contribution in [3.63, 3.8) is 0 Å². The fraction of sp³-hybridized carbons (Fsp3) is 0.562. The lowest BCUT2D eigenvalue weighted by molar-refractivity contribution is 0.531. The molecule has 1 aliphatic heterocycles. The molecule has 1 heterocycles. The molecule has 3 heteroatoms. The van der Waals surface area contributed by atoms with E-state index in [-0.39, 0.29) is 0 Å². The van der Waals surface area contributed by atoms with Gasteiger partial charge in [-0.05, 0) is 43.7 Å². The summed E-state index contributed by atoms with van der Waals surface area (Å²) >= 11 is 1.91. The van der Waals surface area contributed by atoms with E-state index in [1.807, 2.05) is 11.8 Å². The number of thioether (sulfide) groups is 1. The van der Waals surface area contributed by atoms with E-state index in [4.69, 9.17) is 4.99 Å². The molecular formula is C16H22N2S. The van der Waals surface area contributed by atoms with E-state index in [0.29, 0.717) is 12.1 Å². The minimum Gasteiger partial charge on any atom is -0.358 e. The summed E-state index contributed by atoms with van der Waals surface area (Å²) in [5, 5.41) is 4.75. The third-order valence-electron chi connectivity index (χ3n) is 4.33. The van der Waals surface area contributed by atoms with Crippen LogP contribution in [0.4, 0.5) is 0 Å². The smallest absolute Gasteiger partial charge is 0.157 e. The summed E-state index contributed by atoms with van der Waals surface area (Å²) in [6.07, 6.45) is 4.02. The molecule has 1 aliphatic carbocycles. The van der Waals surface area contributed by atoms with Gasteiger partial charge in [0.1, 0.15) is 0 Å². The first kappa shape index (κ1) is 13.0. The quantitative estimate of drug-likeness (QED) is 0.884. The van der Waals surface area contributed by atoms with Crippen LogP contribution in [0.15, 0.2) is 29.3 Å². The molecule has 19 heavy (non-hydrogen) atoms. The van der Waals surface area contributed by atoms with Crippen LogP contribution in [0.2, 0.25) is 0 Å². The number of nitrogens with one attached hydrogen (secondary N) is 1. The topological polar surface area (TPSA) is 24.4 Å². The van der Waals surface area contributed by atoms with Crippen molar-refractivity contribution in [3.8, 4) is 0 Å². The average molecular weight is 274 g/mol. The van der Waals surface area contributed by atoms with Gasteiger partial charge in [0.25, 0.3) is 0 Å². The van der Waals surface area contributed by atoms with Gasteiger partial charge in [0.15, 0.2) is 5.17 Å². The van der Waals surface area contributed by atoms with Crippen molar-refractivity contribution in [1.82, 2.24) is 5.32 Å². The summed E-state index contributed by atoms with van der Waals surface area (Å²) in [6.45, 7) is 4.41. The number of fused-ring (bicyclic) bond motifs is 1. The molecular weight excluding hydrogens is 252 g/mol. The van der Waals surface area contributed by atoms with Gasteiger partial charge in [0, 0.05) is 5.75 Å². The van der Waals surface area contributed by atoms with Crippen molar-refractivity contribution in [2.45, 2.75) is 45.2 Å². The lowest BCUT2D eigenvalue weighted by atomic mass is 10.0. The Bertz CT molecular complexity index is 483. The predicted octanol–water partition coefficient (Wildman–Crippen LogP) is 3.92. The normalized spacial score (nSPS) is 27.6. The summed E-state index contributed by atoms with van der Waals surface area (Å²) < 4.78 is 0. The Labute approximate surface area is 120 Å². The van der Waals surface area contributed by atoms with Gasteiger partial charge >= 0.3 is 0 Å². The molecule has 2 nitrogen and oxygen atoms in total. The molecule has 1 aromatic rings. The van der Waals surface area contributed by atoms with E-state index in [9.17, 15) is 0 Å². The van der Waals surface area contributed by atoms with Crippen LogP contribution in [0, 0.1) is 12.8 Å². The molecule has 1 aromatic carbocycles. The van der Waals surface area contributed by atoms with Gasteiger partial charge in [0.05, 0.1) is 12.1 Å². The summed E-state index contributed by atoms with van der Waals surface area (Å²) in [6, 6.07) is 9.53. The Hall–Kier alpha value is -0.960. The van der Waals surface area contributed by atoms with Gasteiger partial charge < -0.3 is 5.32 Å². The maximum Gasteiger partial charge on any atom is 0.157 e. The first-order valence-corrected chi connectivity index (χ1v) is 8.25. The fourth-order valence-electron chi connectivity index (χ4n) is 3.17. The van der Waals surface area contributed by atoms with Gasteiger partial charge in [-0.1, -0.05) is 42.4 Å². The number of aliphatic imine (C=N–C) groups is 1. The molecule has 3 atom stereocenters. The van der Waals surface area contributed by atoms with Crippen LogP contribution < -0.4 is 5.32 Å². The first-order chi connectivity index (χ1) is 9.24.